The molecule has 0 aliphatic rings. The van der Waals surface area contributed by atoms with Crippen molar-refractivity contribution in [2.45, 2.75) is 18.4 Å². The van der Waals surface area contributed by atoms with Gasteiger partial charge < -0.3 is 5.32 Å². The monoisotopic (exact) mass is 280 g/mol. The van der Waals surface area contributed by atoms with Crippen LogP contribution in [0.1, 0.15) is 11.4 Å². The van der Waals surface area contributed by atoms with Gasteiger partial charge in [-0.15, -0.1) is 22.0 Å². The van der Waals surface area contributed by atoms with Crippen molar-refractivity contribution in [3.8, 4) is 0 Å². The van der Waals surface area contributed by atoms with Gasteiger partial charge in [-0.1, -0.05) is 17.4 Å². The fourth-order valence-corrected chi connectivity index (χ4v) is 2.62. The lowest BCUT2D eigenvalue weighted by atomic mass is 10.5. The fraction of sp³-hybridized carbons (Fsp3) is 0.273. The molecule has 2 heterocycles. The highest BCUT2D eigenvalue weighted by molar-refractivity contribution is 7.99. The summed E-state index contributed by atoms with van der Waals surface area (Å²) in [6, 6.07) is 5.73. The Balaban J connectivity index is 1.72. The molecular formula is C11H12N4OS2. The first-order chi connectivity index (χ1) is 8.74. The molecule has 2 aromatic heterocycles. The van der Waals surface area contributed by atoms with E-state index < -0.39 is 0 Å². The van der Waals surface area contributed by atoms with Gasteiger partial charge in [-0.3, -0.25) is 4.79 Å². The first kappa shape index (κ1) is 13.0. The van der Waals surface area contributed by atoms with Gasteiger partial charge in [0.1, 0.15) is 5.01 Å². The summed E-state index contributed by atoms with van der Waals surface area (Å²) in [6.07, 6.45) is 2.17. The summed E-state index contributed by atoms with van der Waals surface area (Å²) in [7, 11) is 0. The Kier molecular flexibility index (Phi) is 4.66. The highest BCUT2D eigenvalue weighted by Crippen LogP contribution is 2.17. The molecular weight excluding hydrogens is 268 g/mol. The molecule has 2 rings (SSSR count). The summed E-state index contributed by atoms with van der Waals surface area (Å²) in [6.45, 7) is 1.85. The molecule has 0 atom stereocenters. The lowest BCUT2D eigenvalue weighted by Crippen LogP contribution is -2.11. The van der Waals surface area contributed by atoms with Gasteiger partial charge in [0, 0.05) is 18.4 Å². The Morgan fingerprint density at radius 3 is 3.00 bits per heavy atom. The number of aryl methyl sites for hydroxylation is 1. The molecule has 94 valence electrons. The van der Waals surface area contributed by atoms with Crippen molar-refractivity contribution >= 4 is 34.1 Å². The van der Waals surface area contributed by atoms with Gasteiger partial charge in [0.15, 0.2) is 0 Å². The number of carbonyl (C=O) groups excluding carboxylic acids is 1. The summed E-state index contributed by atoms with van der Waals surface area (Å²) in [5.74, 6) is 0.648. The van der Waals surface area contributed by atoms with Crippen molar-refractivity contribution in [1.29, 1.82) is 0 Å². The van der Waals surface area contributed by atoms with Crippen LogP contribution in [0.5, 0.6) is 0 Å². The van der Waals surface area contributed by atoms with Crippen molar-refractivity contribution in [2.24, 2.45) is 0 Å². The molecule has 2 aromatic rings. The van der Waals surface area contributed by atoms with Crippen LogP contribution in [0.3, 0.4) is 0 Å². The Bertz CT molecular complexity index is 515. The van der Waals surface area contributed by atoms with Gasteiger partial charge >= 0.3 is 0 Å². The van der Waals surface area contributed by atoms with E-state index in [2.05, 4.69) is 20.5 Å². The molecule has 0 bridgehead atoms. The highest BCUT2D eigenvalue weighted by Gasteiger charge is 2.06. The summed E-state index contributed by atoms with van der Waals surface area (Å²) in [4.78, 5) is 15.8. The second-order valence-electron chi connectivity index (χ2n) is 3.44. The second kappa shape index (κ2) is 6.46. The van der Waals surface area contributed by atoms with E-state index in [0.29, 0.717) is 17.3 Å². The second-order valence-corrected chi connectivity index (χ2v) is 5.74. The summed E-state index contributed by atoms with van der Waals surface area (Å²) in [5.41, 5.74) is 0. The molecule has 0 aliphatic carbocycles. The number of rotatable bonds is 5. The number of anilines is 1. The topological polar surface area (TPSA) is 67.8 Å². The molecule has 7 heteroatoms. The van der Waals surface area contributed by atoms with Crippen LogP contribution in [0.15, 0.2) is 29.4 Å². The van der Waals surface area contributed by atoms with Gasteiger partial charge in [-0.05, 0) is 19.1 Å². The van der Waals surface area contributed by atoms with Gasteiger partial charge in [0.05, 0.1) is 5.03 Å². The lowest BCUT2D eigenvalue weighted by molar-refractivity contribution is -0.115. The quantitative estimate of drug-likeness (QED) is 0.852. The number of amides is 1. The Labute approximate surface area is 113 Å². The largest absolute Gasteiger partial charge is 0.301 e. The molecule has 0 radical (unpaired) electrons. The normalized spacial score (nSPS) is 10.3. The van der Waals surface area contributed by atoms with Crippen LogP contribution in [0.25, 0.3) is 0 Å². The van der Waals surface area contributed by atoms with Crippen LogP contribution in [-0.4, -0.2) is 26.8 Å². The van der Waals surface area contributed by atoms with Crippen molar-refractivity contribution in [2.75, 3.05) is 11.1 Å². The smallest absolute Gasteiger partial charge is 0.227 e. The van der Waals surface area contributed by atoms with E-state index in [1.165, 1.54) is 11.3 Å². The van der Waals surface area contributed by atoms with Gasteiger partial charge in [-0.25, -0.2) is 4.98 Å². The predicted molar refractivity (Wildman–Crippen MR) is 72.9 cm³/mol. The molecule has 0 saturated carbocycles. The Morgan fingerprint density at radius 1 is 1.44 bits per heavy atom. The zero-order chi connectivity index (χ0) is 12.8. The van der Waals surface area contributed by atoms with E-state index in [-0.39, 0.29) is 5.91 Å². The summed E-state index contributed by atoms with van der Waals surface area (Å²) in [5, 5.41) is 12.7. The van der Waals surface area contributed by atoms with E-state index in [1.807, 2.05) is 25.1 Å². The van der Waals surface area contributed by atoms with Gasteiger partial charge in [0.2, 0.25) is 11.0 Å². The molecule has 1 amide bonds. The number of aromatic nitrogens is 3. The lowest BCUT2D eigenvalue weighted by Gasteiger charge is -2.01. The van der Waals surface area contributed by atoms with Crippen molar-refractivity contribution in [1.82, 2.24) is 15.2 Å². The number of hydrogen-bond donors (Lipinski definition) is 1. The molecule has 0 spiro atoms. The highest BCUT2D eigenvalue weighted by atomic mass is 32.2. The molecule has 1 N–H and O–H groups in total. The zero-order valence-corrected chi connectivity index (χ0v) is 11.4. The van der Waals surface area contributed by atoms with Crippen molar-refractivity contribution in [3.63, 3.8) is 0 Å². The number of thioether (sulfide) groups is 1. The minimum atomic E-state index is -0.0467. The van der Waals surface area contributed by atoms with Crippen LogP contribution in [0.2, 0.25) is 0 Å². The molecule has 0 saturated heterocycles. The fourth-order valence-electron chi connectivity index (χ4n) is 1.21. The molecule has 0 aliphatic heterocycles. The Hall–Kier alpha value is -1.47. The maximum absolute atomic E-state index is 11.6. The summed E-state index contributed by atoms with van der Waals surface area (Å²) >= 11 is 2.93. The summed E-state index contributed by atoms with van der Waals surface area (Å²) < 4.78 is 0. The van der Waals surface area contributed by atoms with E-state index >= 15 is 0 Å². The molecule has 0 aromatic carbocycles. The molecule has 18 heavy (non-hydrogen) atoms. The van der Waals surface area contributed by atoms with Crippen LogP contribution in [0, 0.1) is 6.92 Å². The first-order valence-corrected chi connectivity index (χ1v) is 7.18. The van der Waals surface area contributed by atoms with E-state index in [4.69, 9.17) is 0 Å². The van der Waals surface area contributed by atoms with E-state index in [9.17, 15) is 4.79 Å². The molecule has 0 fully saturated rings. The van der Waals surface area contributed by atoms with E-state index in [0.717, 1.165) is 10.0 Å². The van der Waals surface area contributed by atoms with Crippen LogP contribution >= 0.6 is 23.1 Å². The van der Waals surface area contributed by atoms with Gasteiger partial charge in [0.25, 0.3) is 0 Å². The minimum Gasteiger partial charge on any atom is -0.301 e. The third-order valence-corrected chi connectivity index (χ3v) is 3.69. The third kappa shape index (κ3) is 4.08. The average molecular weight is 280 g/mol. The number of nitrogens with zero attached hydrogens (tertiary/aromatic N) is 3. The van der Waals surface area contributed by atoms with Crippen LogP contribution in [0.4, 0.5) is 5.13 Å². The Morgan fingerprint density at radius 2 is 2.33 bits per heavy atom. The van der Waals surface area contributed by atoms with Crippen molar-refractivity contribution in [3.05, 3.63) is 29.4 Å². The maximum Gasteiger partial charge on any atom is 0.227 e. The molecule has 0 unspecified atom stereocenters. The number of pyridine rings is 1. The van der Waals surface area contributed by atoms with Crippen molar-refractivity contribution < 1.29 is 4.79 Å². The van der Waals surface area contributed by atoms with Crippen LogP contribution in [-0.2, 0) is 4.79 Å². The third-order valence-electron chi connectivity index (χ3n) is 1.99. The standard InChI is InChI=1S/C11H12N4OS2/c1-8-14-15-11(18-8)13-9(16)5-7-17-10-4-2-3-6-12-10/h2-4,6H,5,7H2,1H3,(H,13,15,16). The predicted octanol–water partition coefficient (Wildman–Crippen LogP) is 2.36. The van der Waals surface area contributed by atoms with Crippen LogP contribution < -0.4 is 5.32 Å². The minimum absolute atomic E-state index is 0.0467. The number of nitrogens with one attached hydrogen (secondary N) is 1. The number of carbonyl (C=O) groups is 1. The maximum atomic E-state index is 11.6. The SMILES string of the molecule is Cc1nnc(NC(=O)CCSc2ccccn2)s1. The molecule has 5 nitrogen and oxygen atoms in total. The first-order valence-electron chi connectivity index (χ1n) is 5.38. The van der Waals surface area contributed by atoms with Gasteiger partial charge in [-0.2, -0.15) is 0 Å². The number of hydrogen-bond acceptors (Lipinski definition) is 6. The zero-order valence-electron chi connectivity index (χ0n) is 9.79. The van der Waals surface area contributed by atoms with E-state index in [1.54, 1.807) is 18.0 Å². The average Bonchev–Trinajstić information content (AvgIpc) is 2.76.